The molecule has 0 fully saturated rings. The lowest BCUT2D eigenvalue weighted by atomic mass is 9.95. The molecule has 0 aliphatic carbocycles. The Morgan fingerprint density at radius 2 is 1.02 bits per heavy atom. The number of carboxylic acid groups (broad SMARTS) is 2. The predicted octanol–water partition coefficient (Wildman–Crippen LogP) is 12.2. The number of allylic oxidation sites excluding steroid dienone is 2. The highest BCUT2D eigenvalue weighted by Gasteiger charge is 2.45. The number of carboxylic acids is 2. The number of aliphatic carboxylic acids is 2. The number of hydrogen-bond donors (Lipinski definition) is 4. The van der Waals surface area contributed by atoms with Gasteiger partial charge in [0.25, 0.3) is 5.79 Å². The van der Waals surface area contributed by atoms with Gasteiger partial charge in [0.05, 0.1) is 58.5 Å². The van der Waals surface area contributed by atoms with Crippen LogP contribution in [0.3, 0.4) is 0 Å². The van der Waals surface area contributed by atoms with E-state index in [9.17, 15) is 34.8 Å². The molecule has 0 bridgehead atoms. The predicted molar refractivity (Wildman–Crippen MR) is 245 cm³/mol. The molecule has 1 unspecified atom stereocenters. The second-order valence-corrected chi connectivity index (χ2v) is 18.3. The Hall–Kier alpha value is -2.55. The molecule has 9 heteroatoms. The molecule has 0 rings (SSSR count). The number of rotatable bonds is 40. The summed E-state index contributed by atoms with van der Waals surface area (Å²) in [4.78, 5) is 35.7. The standard InChI is InChI=1S/C50H90N2O7/c1-8-11-14-17-19-20-25-29-34-39-46(41-48(54)55)52(6,7)45(37-32-16-13-10-3)38-33-28-24-21-22-26-30-35-40-51(4,5)47(42-49(56)57)50(58,59)44(43-53)36-31-27-23-18-15-12-9-2/h28,33,41-42,45,58-59H,8-27,29-32,34-40H2,1-7H3/p+2/b33-28+,46-41+,47-42-. The summed E-state index contributed by atoms with van der Waals surface area (Å²) in [6, 6.07) is 0.323. The Bertz CT molecular complexity index is 1260. The lowest BCUT2D eigenvalue weighted by Gasteiger charge is -2.39. The summed E-state index contributed by atoms with van der Waals surface area (Å²) in [6.07, 6.45) is 38.8. The van der Waals surface area contributed by atoms with Crippen molar-refractivity contribution in [1.29, 1.82) is 0 Å². The molecule has 0 spiro atoms. The number of carbonyl (C=O) groups excluding carboxylic acids is 1. The normalized spacial score (nSPS) is 13.6. The monoisotopic (exact) mass is 833 g/mol. The second kappa shape index (κ2) is 34.1. The highest BCUT2D eigenvalue weighted by atomic mass is 16.5. The van der Waals surface area contributed by atoms with E-state index in [2.05, 4.69) is 47.0 Å². The van der Waals surface area contributed by atoms with E-state index in [1.807, 2.05) is 0 Å². The van der Waals surface area contributed by atoms with E-state index < -0.39 is 17.7 Å². The molecule has 0 radical (unpaired) electrons. The van der Waals surface area contributed by atoms with Gasteiger partial charge in [-0.3, -0.25) is 8.97 Å². The smallest absolute Gasteiger partial charge is 0.334 e. The molecule has 0 heterocycles. The van der Waals surface area contributed by atoms with E-state index in [0.29, 0.717) is 23.5 Å². The minimum atomic E-state index is -2.68. The quantitative estimate of drug-likeness (QED) is 0.0121. The third-order valence-corrected chi connectivity index (χ3v) is 12.4. The zero-order valence-corrected chi connectivity index (χ0v) is 39.2. The summed E-state index contributed by atoms with van der Waals surface area (Å²) in [7, 11) is 7.92. The average Bonchev–Trinajstić information content (AvgIpc) is 3.17. The lowest BCUT2D eigenvalue weighted by molar-refractivity contribution is -0.880. The van der Waals surface area contributed by atoms with Gasteiger partial charge in [-0.05, 0) is 51.4 Å². The number of hydrogen-bond acceptors (Lipinski definition) is 5. The van der Waals surface area contributed by atoms with E-state index in [4.69, 9.17) is 0 Å². The molecular weight excluding hydrogens is 741 g/mol. The molecule has 0 amide bonds. The summed E-state index contributed by atoms with van der Waals surface area (Å²) in [5, 5.41) is 41.9. The van der Waals surface area contributed by atoms with E-state index in [1.54, 1.807) is 20.0 Å². The zero-order valence-electron chi connectivity index (χ0n) is 39.2. The molecule has 0 aliphatic rings. The van der Waals surface area contributed by atoms with Crippen molar-refractivity contribution in [3.63, 3.8) is 0 Å². The molecule has 0 saturated heterocycles. The van der Waals surface area contributed by atoms with Crippen molar-refractivity contribution in [3.05, 3.63) is 41.3 Å². The van der Waals surface area contributed by atoms with Crippen LogP contribution in [0.4, 0.5) is 0 Å². The zero-order chi connectivity index (χ0) is 44.4. The van der Waals surface area contributed by atoms with Gasteiger partial charge in [-0.25, -0.2) is 14.4 Å². The molecule has 59 heavy (non-hydrogen) atoms. The number of likely N-dealkylation sites (N-methyl/N-ethyl adjacent to an activating group) is 1. The number of quaternary nitrogens is 2. The molecule has 4 N–H and O–H groups in total. The first-order chi connectivity index (χ1) is 28.1. The molecule has 0 aromatic carbocycles. The molecule has 9 nitrogen and oxygen atoms in total. The molecular formula is C50H92N2O7+2. The van der Waals surface area contributed by atoms with Gasteiger partial charge >= 0.3 is 11.9 Å². The van der Waals surface area contributed by atoms with Crippen molar-refractivity contribution in [3.8, 4) is 0 Å². The highest BCUT2D eigenvalue weighted by molar-refractivity contribution is 5.81. The van der Waals surface area contributed by atoms with Gasteiger partial charge in [0.1, 0.15) is 11.6 Å². The van der Waals surface area contributed by atoms with Crippen LogP contribution in [0, 0.1) is 0 Å². The molecule has 1 atom stereocenters. The van der Waals surface area contributed by atoms with Crippen LogP contribution in [0.15, 0.2) is 41.3 Å². The maximum atomic E-state index is 12.0. The summed E-state index contributed by atoms with van der Waals surface area (Å²) in [6.45, 7) is 7.14. The van der Waals surface area contributed by atoms with Crippen molar-refractivity contribution in [2.24, 2.45) is 0 Å². The SMILES string of the molecule is CCCCCCCCCCC/C(=C\C(=O)O)[N+](C)(C)C(C/C=C/CCCCCCC[N+](C)(C)/C(=C\C(=O)O)C(O)(O)C(=C=O)CCCCCCCCC)CCCCCC. The Labute approximate surface area is 361 Å². The van der Waals surface area contributed by atoms with Crippen LogP contribution < -0.4 is 0 Å². The minimum absolute atomic E-state index is 0.0543. The largest absolute Gasteiger partial charge is 0.478 e. The number of unbranched alkanes of at least 4 members (excludes halogenated alkanes) is 22. The van der Waals surface area contributed by atoms with Crippen molar-refractivity contribution in [2.75, 3.05) is 34.7 Å². The second-order valence-electron chi connectivity index (χ2n) is 18.3. The van der Waals surface area contributed by atoms with Crippen LogP contribution in [-0.2, 0) is 14.4 Å². The summed E-state index contributed by atoms with van der Waals surface area (Å²) in [5.41, 5.74) is 0.680. The number of nitrogens with zero attached hydrogens (tertiary/aromatic N) is 2. The third-order valence-electron chi connectivity index (χ3n) is 12.4. The topological polar surface area (TPSA) is 132 Å². The van der Waals surface area contributed by atoms with Gasteiger partial charge < -0.3 is 20.4 Å². The number of aliphatic hydroxyl groups is 2. The molecule has 0 aromatic heterocycles. The van der Waals surface area contributed by atoms with Gasteiger partial charge in [0, 0.05) is 19.3 Å². The maximum Gasteiger partial charge on any atom is 0.334 e. The van der Waals surface area contributed by atoms with Crippen LogP contribution in [0.5, 0.6) is 0 Å². The first-order valence-corrected chi connectivity index (χ1v) is 24.0. The first kappa shape index (κ1) is 56.5. The number of carbonyl (C=O) groups is 2. The highest BCUT2D eigenvalue weighted by Crippen LogP contribution is 2.32. The summed E-state index contributed by atoms with van der Waals surface area (Å²) in [5.74, 6) is -3.08. The Morgan fingerprint density at radius 1 is 0.576 bits per heavy atom. The van der Waals surface area contributed by atoms with Crippen LogP contribution in [0.1, 0.15) is 213 Å². The molecule has 0 aromatic rings. The van der Waals surface area contributed by atoms with Crippen molar-refractivity contribution in [2.45, 2.75) is 225 Å². The van der Waals surface area contributed by atoms with Crippen LogP contribution in [0.2, 0.25) is 0 Å². The Kier molecular flexibility index (Phi) is 32.6. The van der Waals surface area contributed by atoms with Crippen LogP contribution in [0.25, 0.3) is 0 Å². The molecule has 0 aliphatic heterocycles. The first-order valence-electron chi connectivity index (χ1n) is 24.0. The van der Waals surface area contributed by atoms with Gasteiger partial charge in [0.15, 0.2) is 5.70 Å². The van der Waals surface area contributed by atoms with E-state index in [-0.39, 0.29) is 22.2 Å². The maximum absolute atomic E-state index is 12.0. The van der Waals surface area contributed by atoms with Gasteiger partial charge in [-0.2, -0.15) is 0 Å². The fourth-order valence-electron chi connectivity index (χ4n) is 8.35. The van der Waals surface area contributed by atoms with Crippen LogP contribution >= 0.6 is 0 Å². The van der Waals surface area contributed by atoms with Crippen molar-refractivity contribution < 1.29 is 43.8 Å². The van der Waals surface area contributed by atoms with Gasteiger partial charge in [-0.15, -0.1) is 0 Å². The average molecular weight is 833 g/mol. The summed E-state index contributed by atoms with van der Waals surface area (Å²) >= 11 is 0. The fourth-order valence-corrected chi connectivity index (χ4v) is 8.35. The molecule has 342 valence electrons. The van der Waals surface area contributed by atoms with Crippen LogP contribution in [-0.4, -0.2) is 93.8 Å². The Balaban J connectivity index is 5.16. The lowest BCUT2D eigenvalue weighted by Crippen LogP contribution is -2.51. The fraction of sp³-hybridized carbons (Fsp3) is 0.800. The van der Waals surface area contributed by atoms with Crippen molar-refractivity contribution in [1.82, 2.24) is 0 Å². The Morgan fingerprint density at radius 3 is 1.51 bits per heavy atom. The van der Waals surface area contributed by atoms with Crippen molar-refractivity contribution >= 4 is 17.9 Å². The van der Waals surface area contributed by atoms with E-state index in [1.165, 1.54) is 83.1 Å². The minimum Gasteiger partial charge on any atom is -0.478 e. The van der Waals surface area contributed by atoms with Gasteiger partial charge in [0.2, 0.25) is 0 Å². The van der Waals surface area contributed by atoms with E-state index in [0.717, 1.165) is 115 Å². The third kappa shape index (κ3) is 26.4. The molecule has 0 saturated carbocycles. The van der Waals surface area contributed by atoms with Gasteiger partial charge in [-0.1, -0.05) is 155 Å². The van der Waals surface area contributed by atoms with E-state index >= 15 is 0 Å². The summed E-state index contributed by atoms with van der Waals surface area (Å²) < 4.78 is 0.568.